The molecule has 0 saturated carbocycles. The summed E-state index contributed by atoms with van der Waals surface area (Å²) in [5.74, 6) is -0.888. The summed E-state index contributed by atoms with van der Waals surface area (Å²) in [5, 5.41) is 8.95. The van der Waals surface area contributed by atoms with Gasteiger partial charge in [0.2, 0.25) is 0 Å². The van der Waals surface area contributed by atoms with Gasteiger partial charge in [-0.05, 0) is 41.4 Å². The summed E-state index contributed by atoms with van der Waals surface area (Å²) in [4.78, 5) is 24.7. The molecule has 0 radical (unpaired) electrons. The predicted molar refractivity (Wildman–Crippen MR) is 76.6 cm³/mol. The van der Waals surface area contributed by atoms with Crippen LogP contribution in [-0.4, -0.2) is 41.1 Å². The minimum absolute atomic E-state index is 0.176. The van der Waals surface area contributed by atoms with Crippen LogP contribution in [0.2, 0.25) is 0 Å². The van der Waals surface area contributed by atoms with E-state index in [0.29, 0.717) is 18.7 Å². The van der Waals surface area contributed by atoms with Gasteiger partial charge < -0.3 is 14.7 Å². The van der Waals surface area contributed by atoms with Crippen LogP contribution in [0, 0.1) is 5.92 Å². The molecular formula is C14H16BrNO4. The van der Waals surface area contributed by atoms with Gasteiger partial charge in [0.25, 0.3) is 5.91 Å². The van der Waals surface area contributed by atoms with E-state index in [9.17, 15) is 9.59 Å². The second kappa shape index (κ2) is 6.26. The lowest BCUT2D eigenvalue weighted by molar-refractivity contribution is -0.142. The highest BCUT2D eigenvalue weighted by Gasteiger charge is 2.33. The molecule has 1 saturated heterocycles. The van der Waals surface area contributed by atoms with Gasteiger partial charge in [-0.25, -0.2) is 0 Å². The van der Waals surface area contributed by atoms with Gasteiger partial charge in [0, 0.05) is 13.1 Å². The zero-order valence-corrected chi connectivity index (χ0v) is 12.7. The third kappa shape index (κ3) is 3.30. The Morgan fingerprint density at radius 2 is 2.15 bits per heavy atom. The largest absolute Gasteiger partial charge is 0.481 e. The van der Waals surface area contributed by atoms with Crippen molar-refractivity contribution in [3.8, 4) is 5.75 Å². The number of hydrogen-bond donors (Lipinski definition) is 1. The number of amides is 1. The van der Waals surface area contributed by atoms with Crippen molar-refractivity contribution in [2.45, 2.75) is 19.4 Å². The van der Waals surface area contributed by atoms with E-state index in [1.165, 1.54) is 0 Å². The number of para-hydroxylation sites is 1. The molecule has 1 heterocycles. The average molecular weight is 342 g/mol. The number of likely N-dealkylation sites (tertiary alicyclic amines) is 1. The van der Waals surface area contributed by atoms with Crippen molar-refractivity contribution < 1.29 is 19.4 Å². The van der Waals surface area contributed by atoms with Crippen LogP contribution >= 0.6 is 15.9 Å². The zero-order valence-electron chi connectivity index (χ0n) is 11.1. The summed E-state index contributed by atoms with van der Waals surface area (Å²) in [6, 6.07) is 7.30. The Labute approximate surface area is 125 Å². The Hall–Kier alpha value is -1.56. The van der Waals surface area contributed by atoms with Gasteiger partial charge in [-0.2, -0.15) is 0 Å². The van der Waals surface area contributed by atoms with Crippen LogP contribution in [-0.2, 0) is 9.59 Å². The summed E-state index contributed by atoms with van der Waals surface area (Å²) in [7, 11) is 0. The number of ether oxygens (including phenoxy) is 1. The summed E-state index contributed by atoms with van der Waals surface area (Å²) in [6.07, 6.45) is -0.135. The van der Waals surface area contributed by atoms with Gasteiger partial charge in [0.1, 0.15) is 5.75 Å². The monoisotopic (exact) mass is 341 g/mol. The van der Waals surface area contributed by atoms with E-state index in [-0.39, 0.29) is 12.5 Å². The number of benzene rings is 1. The lowest BCUT2D eigenvalue weighted by Crippen LogP contribution is -2.39. The molecule has 1 aromatic carbocycles. The molecule has 1 aromatic rings. The SMILES string of the molecule is C[C@@H](Oc1ccccc1Br)C(=O)N1CC[C@@H](C(=O)O)C1. The number of nitrogens with zero attached hydrogens (tertiary/aromatic N) is 1. The summed E-state index contributed by atoms with van der Waals surface area (Å²) in [6.45, 7) is 2.41. The van der Waals surface area contributed by atoms with Crippen LogP contribution in [0.25, 0.3) is 0 Å². The van der Waals surface area contributed by atoms with E-state index in [0.717, 1.165) is 4.47 Å². The Morgan fingerprint density at radius 1 is 1.45 bits per heavy atom. The maximum Gasteiger partial charge on any atom is 0.308 e. The molecule has 1 amide bonds. The van der Waals surface area contributed by atoms with Crippen LogP contribution in [0.3, 0.4) is 0 Å². The fraction of sp³-hybridized carbons (Fsp3) is 0.429. The molecule has 20 heavy (non-hydrogen) atoms. The third-order valence-corrected chi connectivity index (χ3v) is 3.99. The van der Waals surface area contributed by atoms with Crippen LogP contribution in [0.15, 0.2) is 28.7 Å². The van der Waals surface area contributed by atoms with Crippen molar-refractivity contribution in [3.05, 3.63) is 28.7 Å². The highest BCUT2D eigenvalue weighted by atomic mass is 79.9. The first-order chi connectivity index (χ1) is 9.49. The molecule has 1 fully saturated rings. The van der Waals surface area contributed by atoms with Gasteiger partial charge >= 0.3 is 5.97 Å². The smallest absolute Gasteiger partial charge is 0.308 e. The van der Waals surface area contributed by atoms with Crippen molar-refractivity contribution in [2.75, 3.05) is 13.1 Å². The minimum atomic E-state index is -0.848. The van der Waals surface area contributed by atoms with E-state index in [1.54, 1.807) is 17.9 Å². The molecule has 1 N–H and O–H groups in total. The topological polar surface area (TPSA) is 66.8 Å². The van der Waals surface area contributed by atoms with Gasteiger partial charge in [-0.1, -0.05) is 12.1 Å². The third-order valence-electron chi connectivity index (χ3n) is 3.34. The molecule has 0 aromatic heterocycles. The van der Waals surface area contributed by atoms with Crippen LogP contribution in [0.5, 0.6) is 5.75 Å². The molecule has 1 aliphatic heterocycles. The van der Waals surface area contributed by atoms with Crippen LogP contribution in [0.4, 0.5) is 0 Å². The standard InChI is InChI=1S/C14H16BrNO4/c1-9(20-12-5-3-2-4-11(12)15)13(17)16-7-6-10(8-16)14(18)19/h2-5,9-10H,6-8H2,1H3,(H,18,19)/t9-,10-/m1/s1. The molecule has 0 aliphatic carbocycles. The highest BCUT2D eigenvalue weighted by molar-refractivity contribution is 9.10. The molecule has 108 valence electrons. The number of rotatable bonds is 4. The number of aliphatic carboxylic acids is 1. The molecule has 1 aliphatic rings. The first-order valence-corrected chi connectivity index (χ1v) is 7.21. The maximum absolute atomic E-state index is 12.2. The van der Waals surface area contributed by atoms with Crippen LogP contribution in [0.1, 0.15) is 13.3 Å². The number of carboxylic acids is 1. The van der Waals surface area contributed by atoms with Gasteiger partial charge in [-0.3, -0.25) is 9.59 Å². The summed E-state index contributed by atoms with van der Waals surface area (Å²) < 4.78 is 6.41. The molecular weight excluding hydrogens is 326 g/mol. The molecule has 0 spiro atoms. The Morgan fingerprint density at radius 3 is 2.75 bits per heavy atom. The van der Waals surface area contributed by atoms with E-state index in [2.05, 4.69) is 15.9 Å². The minimum Gasteiger partial charge on any atom is -0.481 e. The second-order valence-corrected chi connectivity index (χ2v) is 5.65. The summed E-state index contributed by atoms with van der Waals surface area (Å²) >= 11 is 3.36. The molecule has 6 heteroatoms. The predicted octanol–water partition coefficient (Wildman–Crippen LogP) is 2.15. The molecule has 0 bridgehead atoms. The van der Waals surface area contributed by atoms with Crippen molar-refractivity contribution in [2.24, 2.45) is 5.92 Å². The number of hydrogen-bond acceptors (Lipinski definition) is 3. The van der Waals surface area contributed by atoms with E-state index in [1.807, 2.05) is 18.2 Å². The average Bonchev–Trinajstić information content (AvgIpc) is 2.90. The van der Waals surface area contributed by atoms with E-state index >= 15 is 0 Å². The first kappa shape index (κ1) is 14.8. The highest BCUT2D eigenvalue weighted by Crippen LogP contribution is 2.26. The zero-order chi connectivity index (χ0) is 14.7. The fourth-order valence-electron chi connectivity index (χ4n) is 2.20. The Balaban J connectivity index is 1.96. The second-order valence-electron chi connectivity index (χ2n) is 4.80. The molecule has 0 unspecified atom stereocenters. The normalized spacial score (nSPS) is 19.7. The lowest BCUT2D eigenvalue weighted by atomic mass is 10.1. The lowest BCUT2D eigenvalue weighted by Gasteiger charge is -2.21. The first-order valence-electron chi connectivity index (χ1n) is 6.42. The van der Waals surface area contributed by atoms with Gasteiger partial charge in [0.15, 0.2) is 6.10 Å². The molecule has 5 nitrogen and oxygen atoms in total. The van der Waals surface area contributed by atoms with Gasteiger partial charge in [-0.15, -0.1) is 0 Å². The maximum atomic E-state index is 12.2. The number of carboxylic acid groups (broad SMARTS) is 1. The number of carbonyl (C=O) groups excluding carboxylic acids is 1. The molecule has 2 rings (SSSR count). The quantitative estimate of drug-likeness (QED) is 0.911. The van der Waals surface area contributed by atoms with Gasteiger partial charge in [0.05, 0.1) is 10.4 Å². The Bertz CT molecular complexity index is 520. The number of carbonyl (C=O) groups is 2. The van der Waals surface area contributed by atoms with Crippen molar-refractivity contribution in [1.82, 2.24) is 4.90 Å². The van der Waals surface area contributed by atoms with Crippen LogP contribution < -0.4 is 4.74 Å². The molecule has 2 atom stereocenters. The van der Waals surface area contributed by atoms with E-state index in [4.69, 9.17) is 9.84 Å². The number of halogens is 1. The van der Waals surface area contributed by atoms with Crippen molar-refractivity contribution >= 4 is 27.8 Å². The van der Waals surface area contributed by atoms with E-state index < -0.39 is 18.0 Å². The van der Waals surface area contributed by atoms with Crippen molar-refractivity contribution in [1.29, 1.82) is 0 Å². The van der Waals surface area contributed by atoms with Crippen molar-refractivity contribution in [3.63, 3.8) is 0 Å². The Kier molecular flexibility index (Phi) is 4.65. The summed E-state index contributed by atoms with van der Waals surface area (Å²) in [5.41, 5.74) is 0. The fourth-order valence-corrected chi connectivity index (χ4v) is 2.58.